The van der Waals surface area contributed by atoms with Gasteiger partial charge >= 0.3 is 0 Å². The third-order valence-electron chi connectivity index (χ3n) is 2.39. The Hall–Kier alpha value is -0.620. The SMILES string of the molecule is COCCOCCOc1ccc([C@@H](C)N)c(Br)c1. The van der Waals surface area contributed by atoms with Gasteiger partial charge in [-0.05, 0) is 24.6 Å². The molecule has 1 atom stereocenters. The summed E-state index contributed by atoms with van der Waals surface area (Å²) in [7, 11) is 1.65. The summed E-state index contributed by atoms with van der Waals surface area (Å²) >= 11 is 3.48. The molecule has 0 bridgehead atoms. The molecular formula is C13H20BrNO3. The van der Waals surface area contributed by atoms with Crippen molar-refractivity contribution in [2.75, 3.05) is 33.5 Å². The molecule has 0 radical (unpaired) electrons. The van der Waals surface area contributed by atoms with Crippen molar-refractivity contribution in [3.63, 3.8) is 0 Å². The fraction of sp³-hybridized carbons (Fsp3) is 0.538. The topological polar surface area (TPSA) is 53.7 Å². The standard InChI is InChI=1S/C13H20BrNO3/c1-10(15)12-4-3-11(9-13(12)14)18-8-7-17-6-5-16-2/h3-4,9-10H,5-8,15H2,1-2H3/t10-/m1/s1. The second-order valence-electron chi connectivity index (χ2n) is 3.93. The van der Waals surface area contributed by atoms with Crippen molar-refractivity contribution >= 4 is 15.9 Å². The molecule has 0 aliphatic rings. The first-order valence-electron chi connectivity index (χ1n) is 5.89. The van der Waals surface area contributed by atoms with Gasteiger partial charge in [0.25, 0.3) is 0 Å². The van der Waals surface area contributed by atoms with Crippen molar-refractivity contribution in [2.45, 2.75) is 13.0 Å². The van der Waals surface area contributed by atoms with E-state index in [0.29, 0.717) is 26.4 Å². The number of methoxy groups -OCH3 is 1. The fourth-order valence-corrected chi connectivity index (χ4v) is 2.15. The van der Waals surface area contributed by atoms with Crippen molar-refractivity contribution in [1.82, 2.24) is 0 Å². The van der Waals surface area contributed by atoms with Crippen LogP contribution in [0.4, 0.5) is 0 Å². The zero-order chi connectivity index (χ0) is 13.4. The van der Waals surface area contributed by atoms with Gasteiger partial charge in [-0.3, -0.25) is 0 Å². The van der Waals surface area contributed by atoms with Crippen molar-refractivity contribution in [3.05, 3.63) is 28.2 Å². The second-order valence-corrected chi connectivity index (χ2v) is 4.78. The minimum atomic E-state index is 0.00537. The van der Waals surface area contributed by atoms with Crippen LogP contribution in [0.25, 0.3) is 0 Å². The second kappa shape index (κ2) is 8.48. The summed E-state index contributed by atoms with van der Waals surface area (Å²) in [5.41, 5.74) is 6.90. The highest BCUT2D eigenvalue weighted by Gasteiger charge is 2.06. The molecule has 0 aliphatic heterocycles. The molecule has 1 aromatic carbocycles. The van der Waals surface area contributed by atoms with Gasteiger partial charge < -0.3 is 19.9 Å². The highest BCUT2D eigenvalue weighted by atomic mass is 79.9. The summed E-state index contributed by atoms with van der Waals surface area (Å²) in [6, 6.07) is 5.81. The lowest BCUT2D eigenvalue weighted by Gasteiger charge is -2.11. The Morgan fingerprint density at radius 3 is 2.56 bits per heavy atom. The lowest BCUT2D eigenvalue weighted by molar-refractivity contribution is 0.0544. The molecule has 0 saturated carbocycles. The van der Waals surface area contributed by atoms with Crippen LogP contribution in [0.3, 0.4) is 0 Å². The van der Waals surface area contributed by atoms with E-state index in [1.807, 2.05) is 25.1 Å². The molecule has 2 N–H and O–H groups in total. The van der Waals surface area contributed by atoms with E-state index in [9.17, 15) is 0 Å². The molecule has 4 nitrogen and oxygen atoms in total. The molecule has 102 valence electrons. The van der Waals surface area contributed by atoms with Gasteiger partial charge in [-0.1, -0.05) is 22.0 Å². The Morgan fingerprint density at radius 2 is 1.94 bits per heavy atom. The molecule has 0 unspecified atom stereocenters. The number of rotatable bonds is 8. The number of hydrogen-bond acceptors (Lipinski definition) is 4. The summed E-state index contributed by atoms with van der Waals surface area (Å²) in [5, 5.41) is 0. The lowest BCUT2D eigenvalue weighted by atomic mass is 10.1. The number of hydrogen-bond donors (Lipinski definition) is 1. The minimum absolute atomic E-state index is 0.00537. The van der Waals surface area contributed by atoms with E-state index in [2.05, 4.69) is 15.9 Å². The summed E-state index contributed by atoms with van der Waals surface area (Å²) in [6.07, 6.45) is 0. The molecule has 0 fully saturated rings. The predicted octanol–water partition coefficient (Wildman–Crippen LogP) is 2.51. The van der Waals surface area contributed by atoms with Crippen LogP contribution in [-0.4, -0.2) is 33.5 Å². The Balaban J connectivity index is 2.33. The van der Waals surface area contributed by atoms with Gasteiger partial charge in [-0.2, -0.15) is 0 Å². The molecule has 1 rings (SSSR count). The van der Waals surface area contributed by atoms with Crippen molar-refractivity contribution < 1.29 is 14.2 Å². The third kappa shape index (κ3) is 5.35. The van der Waals surface area contributed by atoms with E-state index in [4.69, 9.17) is 19.9 Å². The highest BCUT2D eigenvalue weighted by molar-refractivity contribution is 9.10. The van der Waals surface area contributed by atoms with Crippen LogP contribution in [0.5, 0.6) is 5.75 Å². The lowest BCUT2D eigenvalue weighted by Crippen LogP contribution is -2.10. The number of halogens is 1. The van der Waals surface area contributed by atoms with Gasteiger partial charge in [-0.25, -0.2) is 0 Å². The average Bonchev–Trinajstić information content (AvgIpc) is 2.33. The van der Waals surface area contributed by atoms with Gasteiger partial charge in [0.1, 0.15) is 12.4 Å². The van der Waals surface area contributed by atoms with Crippen LogP contribution in [0.2, 0.25) is 0 Å². The number of benzene rings is 1. The van der Waals surface area contributed by atoms with Crippen LogP contribution in [0, 0.1) is 0 Å². The molecule has 0 amide bonds. The quantitative estimate of drug-likeness (QED) is 0.748. The third-order valence-corrected chi connectivity index (χ3v) is 3.08. The van der Waals surface area contributed by atoms with E-state index in [1.165, 1.54) is 0 Å². The fourth-order valence-electron chi connectivity index (χ4n) is 1.43. The molecule has 0 saturated heterocycles. The van der Waals surface area contributed by atoms with Crippen molar-refractivity contribution in [1.29, 1.82) is 0 Å². The van der Waals surface area contributed by atoms with E-state index >= 15 is 0 Å². The Kier molecular flexibility index (Phi) is 7.27. The molecule has 1 aromatic rings. The first kappa shape index (κ1) is 15.4. The first-order valence-corrected chi connectivity index (χ1v) is 6.69. The average molecular weight is 318 g/mol. The summed E-state index contributed by atoms with van der Waals surface area (Å²) in [4.78, 5) is 0. The van der Waals surface area contributed by atoms with Crippen LogP contribution in [-0.2, 0) is 9.47 Å². The summed E-state index contributed by atoms with van der Waals surface area (Å²) in [5.74, 6) is 0.807. The minimum Gasteiger partial charge on any atom is -0.491 e. The van der Waals surface area contributed by atoms with Crippen molar-refractivity contribution in [2.24, 2.45) is 5.73 Å². The monoisotopic (exact) mass is 317 g/mol. The highest BCUT2D eigenvalue weighted by Crippen LogP contribution is 2.26. The summed E-state index contributed by atoms with van der Waals surface area (Å²) < 4.78 is 16.7. The zero-order valence-electron chi connectivity index (χ0n) is 10.8. The molecule has 0 aromatic heterocycles. The smallest absolute Gasteiger partial charge is 0.120 e. The molecule has 0 spiro atoms. The Bertz CT molecular complexity index is 358. The Labute approximate surface area is 117 Å². The van der Waals surface area contributed by atoms with Gasteiger partial charge in [-0.15, -0.1) is 0 Å². The largest absolute Gasteiger partial charge is 0.491 e. The van der Waals surface area contributed by atoms with Crippen LogP contribution in [0.1, 0.15) is 18.5 Å². The predicted molar refractivity (Wildman–Crippen MR) is 74.9 cm³/mol. The molecule has 5 heteroatoms. The van der Waals surface area contributed by atoms with Crippen molar-refractivity contribution in [3.8, 4) is 5.75 Å². The van der Waals surface area contributed by atoms with E-state index in [0.717, 1.165) is 15.8 Å². The molecule has 18 heavy (non-hydrogen) atoms. The van der Waals surface area contributed by atoms with Gasteiger partial charge in [0, 0.05) is 17.6 Å². The molecule has 0 heterocycles. The maximum Gasteiger partial charge on any atom is 0.120 e. The Morgan fingerprint density at radius 1 is 1.22 bits per heavy atom. The van der Waals surface area contributed by atoms with Gasteiger partial charge in [0.2, 0.25) is 0 Å². The maximum absolute atomic E-state index is 5.83. The number of ether oxygens (including phenoxy) is 3. The number of nitrogens with two attached hydrogens (primary N) is 1. The normalized spacial score (nSPS) is 12.4. The van der Waals surface area contributed by atoms with Gasteiger partial charge in [0.05, 0.1) is 19.8 Å². The van der Waals surface area contributed by atoms with E-state index in [-0.39, 0.29) is 6.04 Å². The zero-order valence-corrected chi connectivity index (χ0v) is 12.4. The van der Waals surface area contributed by atoms with Crippen LogP contribution in [0.15, 0.2) is 22.7 Å². The van der Waals surface area contributed by atoms with Gasteiger partial charge in [0.15, 0.2) is 0 Å². The van der Waals surface area contributed by atoms with Crippen LogP contribution < -0.4 is 10.5 Å². The van der Waals surface area contributed by atoms with E-state index in [1.54, 1.807) is 7.11 Å². The summed E-state index contributed by atoms with van der Waals surface area (Å²) in [6.45, 7) is 4.22. The first-order chi connectivity index (χ1) is 8.65. The molecular weight excluding hydrogens is 298 g/mol. The van der Waals surface area contributed by atoms with E-state index < -0.39 is 0 Å². The van der Waals surface area contributed by atoms with Crippen LogP contribution >= 0.6 is 15.9 Å². The molecule has 0 aliphatic carbocycles. The maximum atomic E-state index is 5.83.